The van der Waals surface area contributed by atoms with Gasteiger partial charge in [-0.15, -0.1) is 0 Å². The summed E-state index contributed by atoms with van der Waals surface area (Å²) in [5.41, 5.74) is 1.65. The Kier molecular flexibility index (Phi) is 6.05. The molecule has 1 aromatic heterocycles. The van der Waals surface area contributed by atoms with Crippen LogP contribution >= 0.6 is 0 Å². The lowest BCUT2D eigenvalue weighted by Crippen LogP contribution is -2.38. The quantitative estimate of drug-likeness (QED) is 0.806. The molecule has 1 aromatic rings. The zero-order chi connectivity index (χ0) is 13.5. The first-order valence-corrected chi connectivity index (χ1v) is 6.87. The van der Waals surface area contributed by atoms with Crippen LogP contribution < -0.4 is 11.0 Å². The zero-order valence-corrected chi connectivity index (χ0v) is 12.0. The first-order valence-electron chi connectivity index (χ1n) is 6.87. The fraction of sp³-hybridized carbons (Fsp3) is 0.714. The van der Waals surface area contributed by atoms with Crippen LogP contribution in [0.25, 0.3) is 0 Å². The monoisotopic (exact) mass is 251 g/mol. The third kappa shape index (κ3) is 4.26. The van der Waals surface area contributed by atoms with Crippen molar-refractivity contribution in [2.45, 2.75) is 59.5 Å². The lowest BCUT2D eigenvalue weighted by Gasteiger charge is -2.20. The molecule has 0 aliphatic heterocycles. The Labute approximate surface area is 109 Å². The molecule has 0 radical (unpaired) electrons. The Bertz CT molecular complexity index is 426. The summed E-state index contributed by atoms with van der Waals surface area (Å²) in [4.78, 5) is 15.9. The van der Waals surface area contributed by atoms with Crippen molar-refractivity contribution in [3.05, 3.63) is 27.9 Å². The number of hydrogen-bond acceptors (Lipinski definition) is 3. The Morgan fingerprint density at radius 1 is 1.33 bits per heavy atom. The van der Waals surface area contributed by atoms with Crippen LogP contribution in [0.2, 0.25) is 0 Å². The molecule has 4 heteroatoms. The summed E-state index contributed by atoms with van der Waals surface area (Å²) >= 11 is 0. The molecule has 18 heavy (non-hydrogen) atoms. The highest BCUT2D eigenvalue weighted by atomic mass is 16.1. The van der Waals surface area contributed by atoms with Crippen molar-refractivity contribution < 1.29 is 0 Å². The van der Waals surface area contributed by atoms with Gasteiger partial charge in [0.25, 0.3) is 0 Å². The van der Waals surface area contributed by atoms with Crippen LogP contribution in [-0.4, -0.2) is 22.1 Å². The number of nitrogens with zero attached hydrogens (tertiary/aromatic N) is 2. The first-order chi connectivity index (χ1) is 8.58. The van der Waals surface area contributed by atoms with E-state index in [0.29, 0.717) is 12.6 Å². The second kappa shape index (κ2) is 7.31. The SMILES string of the molecule is CCCNC(CCC)Cn1c(C)cc(C)nc1=O. The number of aryl methyl sites for hydroxylation is 2. The molecule has 1 atom stereocenters. The van der Waals surface area contributed by atoms with Crippen LogP contribution in [0.15, 0.2) is 10.9 Å². The molecule has 1 unspecified atom stereocenters. The van der Waals surface area contributed by atoms with Gasteiger partial charge in [-0.25, -0.2) is 4.79 Å². The van der Waals surface area contributed by atoms with E-state index in [0.717, 1.165) is 37.2 Å². The van der Waals surface area contributed by atoms with Gasteiger partial charge >= 0.3 is 5.69 Å². The van der Waals surface area contributed by atoms with Gasteiger partial charge in [0.2, 0.25) is 0 Å². The molecule has 0 aliphatic carbocycles. The third-order valence-electron chi connectivity index (χ3n) is 3.07. The van der Waals surface area contributed by atoms with E-state index < -0.39 is 0 Å². The molecule has 0 bridgehead atoms. The summed E-state index contributed by atoms with van der Waals surface area (Å²) in [5.74, 6) is 0. The van der Waals surface area contributed by atoms with Crippen LogP contribution in [0, 0.1) is 13.8 Å². The predicted molar refractivity (Wildman–Crippen MR) is 75.0 cm³/mol. The Morgan fingerprint density at radius 3 is 2.61 bits per heavy atom. The van der Waals surface area contributed by atoms with Crippen molar-refractivity contribution in [2.75, 3.05) is 6.54 Å². The molecule has 0 aromatic carbocycles. The third-order valence-corrected chi connectivity index (χ3v) is 3.07. The molecule has 0 saturated carbocycles. The van der Waals surface area contributed by atoms with Crippen LogP contribution in [0.4, 0.5) is 0 Å². The summed E-state index contributed by atoms with van der Waals surface area (Å²) in [5, 5.41) is 3.50. The van der Waals surface area contributed by atoms with Gasteiger partial charge in [-0.1, -0.05) is 20.3 Å². The van der Waals surface area contributed by atoms with Crippen molar-refractivity contribution in [1.29, 1.82) is 0 Å². The average Bonchev–Trinajstić information content (AvgIpc) is 2.30. The highest BCUT2D eigenvalue weighted by molar-refractivity contribution is 5.06. The zero-order valence-electron chi connectivity index (χ0n) is 12.0. The summed E-state index contributed by atoms with van der Waals surface area (Å²) in [7, 11) is 0. The van der Waals surface area contributed by atoms with Crippen molar-refractivity contribution in [1.82, 2.24) is 14.9 Å². The van der Waals surface area contributed by atoms with Crippen LogP contribution in [0.1, 0.15) is 44.5 Å². The summed E-state index contributed by atoms with van der Waals surface area (Å²) in [6, 6.07) is 2.32. The second-order valence-electron chi connectivity index (χ2n) is 4.87. The normalized spacial score (nSPS) is 12.7. The van der Waals surface area contributed by atoms with Gasteiger partial charge in [0, 0.05) is 24.0 Å². The molecule has 4 nitrogen and oxygen atoms in total. The van der Waals surface area contributed by atoms with E-state index in [9.17, 15) is 4.79 Å². The lowest BCUT2D eigenvalue weighted by molar-refractivity contribution is 0.407. The Morgan fingerprint density at radius 2 is 2.06 bits per heavy atom. The summed E-state index contributed by atoms with van der Waals surface area (Å²) in [6.45, 7) is 9.87. The Hall–Kier alpha value is -1.16. The van der Waals surface area contributed by atoms with Crippen LogP contribution in [-0.2, 0) is 6.54 Å². The smallest absolute Gasteiger partial charge is 0.312 e. The van der Waals surface area contributed by atoms with Gasteiger partial charge < -0.3 is 5.32 Å². The van der Waals surface area contributed by atoms with Gasteiger partial charge in [0.1, 0.15) is 0 Å². The van der Waals surface area contributed by atoms with Crippen molar-refractivity contribution >= 4 is 0 Å². The standard InChI is InChI=1S/C14H25N3O/c1-5-7-13(15-8-6-2)10-17-12(4)9-11(3)16-14(17)18/h9,13,15H,5-8,10H2,1-4H3. The van der Waals surface area contributed by atoms with Gasteiger partial charge in [-0.05, 0) is 39.3 Å². The van der Waals surface area contributed by atoms with Gasteiger partial charge in [-0.2, -0.15) is 4.98 Å². The first kappa shape index (κ1) is 14.9. The number of nitrogens with one attached hydrogen (secondary N) is 1. The Balaban J connectivity index is 2.83. The number of aromatic nitrogens is 2. The van der Waals surface area contributed by atoms with E-state index >= 15 is 0 Å². The van der Waals surface area contributed by atoms with Gasteiger partial charge in [-0.3, -0.25) is 4.57 Å². The molecule has 1 N–H and O–H groups in total. The molecular weight excluding hydrogens is 226 g/mol. The van der Waals surface area contributed by atoms with Gasteiger partial charge in [0.05, 0.1) is 0 Å². The molecule has 1 rings (SSSR count). The molecule has 0 saturated heterocycles. The van der Waals surface area contributed by atoms with E-state index in [4.69, 9.17) is 0 Å². The summed E-state index contributed by atoms with van der Waals surface area (Å²) in [6.07, 6.45) is 3.31. The van der Waals surface area contributed by atoms with E-state index in [2.05, 4.69) is 24.1 Å². The van der Waals surface area contributed by atoms with Crippen molar-refractivity contribution in [2.24, 2.45) is 0 Å². The summed E-state index contributed by atoms with van der Waals surface area (Å²) < 4.78 is 1.77. The average molecular weight is 251 g/mol. The molecule has 0 spiro atoms. The van der Waals surface area contributed by atoms with E-state index in [1.807, 2.05) is 19.9 Å². The minimum atomic E-state index is -0.132. The molecule has 102 valence electrons. The molecule has 1 heterocycles. The maximum atomic E-state index is 11.9. The maximum Gasteiger partial charge on any atom is 0.348 e. The van der Waals surface area contributed by atoms with Crippen molar-refractivity contribution in [3.63, 3.8) is 0 Å². The molecular formula is C14H25N3O. The second-order valence-corrected chi connectivity index (χ2v) is 4.87. The predicted octanol–water partition coefficient (Wildman–Crippen LogP) is 2.03. The largest absolute Gasteiger partial charge is 0.348 e. The lowest BCUT2D eigenvalue weighted by atomic mass is 10.1. The number of rotatable bonds is 7. The fourth-order valence-electron chi connectivity index (χ4n) is 2.17. The van der Waals surface area contributed by atoms with E-state index in [1.54, 1.807) is 4.57 Å². The van der Waals surface area contributed by atoms with Crippen LogP contribution in [0.5, 0.6) is 0 Å². The maximum absolute atomic E-state index is 11.9. The topological polar surface area (TPSA) is 46.9 Å². The van der Waals surface area contributed by atoms with E-state index in [-0.39, 0.29) is 5.69 Å². The minimum absolute atomic E-state index is 0.132. The molecule has 0 amide bonds. The fourth-order valence-corrected chi connectivity index (χ4v) is 2.17. The molecule has 0 fully saturated rings. The van der Waals surface area contributed by atoms with Crippen molar-refractivity contribution in [3.8, 4) is 0 Å². The van der Waals surface area contributed by atoms with Crippen LogP contribution in [0.3, 0.4) is 0 Å². The van der Waals surface area contributed by atoms with E-state index in [1.165, 1.54) is 0 Å². The highest BCUT2D eigenvalue weighted by Gasteiger charge is 2.11. The molecule has 0 aliphatic rings. The minimum Gasteiger partial charge on any atom is -0.312 e. The van der Waals surface area contributed by atoms with Gasteiger partial charge in [0.15, 0.2) is 0 Å². The number of hydrogen-bond donors (Lipinski definition) is 1. The highest BCUT2D eigenvalue weighted by Crippen LogP contribution is 2.03.